The van der Waals surface area contributed by atoms with E-state index < -0.39 is 0 Å². The molecule has 1 amide bonds. The zero-order chi connectivity index (χ0) is 12.7. The van der Waals surface area contributed by atoms with Gasteiger partial charge in [-0.1, -0.05) is 13.8 Å². The van der Waals surface area contributed by atoms with Crippen LogP contribution in [0.2, 0.25) is 0 Å². The van der Waals surface area contributed by atoms with Gasteiger partial charge in [0.05, 0.1) is 13.7 Å². The normalized spacial score (nSPS) is 10.1. The number of hydrogen-bond acceptors (Lipinski definition) is 3. The quantitative estimate of drug-likeness (QED) is 0.768. The van der Waals surface area contributed by atoms with E-state index in [2.05, 4.69) is 5.32 Å². The lowest BCUT2D eigenvalue weighted by molar-refractivity contribution is -0.124. The van der Waals surface area contributed by atoms with E-state index >= 15 is 0 Å². The number of benzene rings is 1. The summed E-state index contributed by atoms with van der Waals surface area (Å²) in [6, 6.07) is 7.34. The van der Waals surface area contributed by atoms with Crippen molar-refractivity contribution in [2.75, 3.05) is 20.3 Å². The Morgan fingerprint density at radius 1 is 1.24 bits per heavy atom. The average Bonchev–Trinajstić information content (AvgIpc) is 2.35. The second kappa shape index (κ2) is 6.78. The minimum atomic E-state index is 0.0102. The van der Waals surface area contributed by atoms with Crippen LogP contribution in [0.3, 0.4) is 0 Å². The SMILES string of the molecule is COc1ccc(OCCNC(=O)C(C)C)cc1. The number of methoxy groups -OCH3 is 1. The van der Waals surface area contributed by atoms with Gasteiger partial charge in [-0.15, -0.1) is 0 Å². The van der Waals surface area contributed by atoms with Crippen molar-refractivity contribution in [1.29, 1.82) is 0 Å². The van der Waals surface area contributed by atoms with Crippen molar-refractivity contribution >= 4 is 5.91 Å². The standard InChI is InChI=1S/C13H19NO3/c1-10(2)13(15)14-8-9-17-12-6-4-11(16-3)5-7-12/h4-7,10H,8-9H2,1-3H3,(H,14,15). The molecule has 94 valence electrons. The van der Waals surface area contributed by atoms with Gasteiger partial charge < -0.3 is 14.8 Å². The van der Waals surface area contributed by atoms with Crippen LogP contribution < -0.4 is 14.8 Å². The van der Waals surface area contributed by atoms with Crippen LogP contribution >= 0.6 is 0 Å². The van der Waals surface area contributed by atoms with Crippen molar-refractivity contribution in [2.24, 2.45) is 5.92 Å². The molecule has 0 aliphatic carbocycles. The molecule has 0 unspecified atom stereocenters. The summed E-state index contributed by atoms with van der Waals surface area (Å²) < 4.78 is 10.5. The number of hydrogen-bond donors (Lipinski definition) is 1. The maximum atomic E-state index is 11.3. The Morgan fingerprint density at radius 2 is 1.82 bits per heavy atom. The molecule has 0 radical (unpaired) electrons. The maximum Gasteiger partial charge on any atom is 0.222 e. The third-order valence-corrected chi connectivity index (χ3v) is 2.25. The van der Waals surface area contributed by atoms with Gasteiger partial charge in [0.2, 0.25) is 5.91 Å². The highest BCUT2D eigenvalue weighted by Gasteiger charge is 2.04. The number of amides is 1. The average molecular weight is 237 g/mol. The molecule has 0 atom stereocenters. The van der Waals surface area contributed by atoms with Gasteiger partial charge >= 0.3 is 0 Å². The Morgan fingerprint density at radius 3 is 2.35 bits per heavy atom. The molecule has 0 aromatic heterocycles. The third kappa shape index (κ3) is 4.76. The Bertz CT molecular complexity index is 346. The predicted octanol–water partition coefficient (Wildman–Crippen LogP) is 1.85. The summed E-state index contributed by atoms with van der Waals surface area (Å²) in [5.41, 5.74) is 0. The third-order valence-electron chi connectivity index (χ3n) is 2.25. The van der Waals surface area contributed by atoms with Gasteiger partial charge in [-0.3, -0.25) is 4.79 Å². The Balaban J connectivity index is 2.24. The van der Waals surface area contributed by atoms with Crippen LogP contribution in [-0.2, 0) is 4.79 Å². The van der Waals surface area contributed by atoms with E-state index in [0.29, 0.717) is 13.2 Å². The highest BCUT2D eigenvalue weighted by molar-refractivity contribution is 5.77. The van der Waals surface area contributed by atoms with E-state index in [0.717, 1.165) is 11.5 Å². The summed E-state index contributed by atoms with van der Waals surface area (Å²) in [4.78, 5) is 11.3. The fraction of sp³-hybridized carbons (Fsp3) is 0.462. The molecule has 0 saturated heterocycles. The van der Waals surface area contributed by atoms with Crippen LogP contribution in [-0.4, -0.2) is 26.2 Å². The summed E-state index contributed by atoms with van der Waals surface area (Å²) in [7, 11) is 1.62. The van der Waals surface area contributed by atoms with Crippen LogP contribution in [0.25, 0.3) is 0 Å². The summed E-state index contributed by atoms with van der Waals surface area (Å²) in [6.45, 7) is 4.70. The summed E-state index contributed by atoms with van der Waals surface area (Å²) in [5.74, 6) is 1.62. The van der Waals surface area contributed by atoms with E-state index in [9.17, 15) is 4.79 Å². The molecule has 0 spiro atoms. The van der Waals surface area contributed by atoms with E-state index in [1.165, 1.54) is 0 Å². The van der Waals surface area contributed by atoms with Gasteiger partial charge in [0.25, 0.3) is 0 Å². The molecule has 0 fully saturated rings. The van der Waals surface area contributed by atoms with E-state index in [1.54, 1.807) is 7.11 Å². The highest BCUT2D eigenvalue weighted by atomic mass is 16.5. The summed E-state index contributed by atoms with van der Waals surface area (Å²) >= 11 is 0. The van der Waals surface area contributed by atoms with Crippen molar-refractivity contribution < 1.29 is 14.3 Å². The van der Waals surface area contributed by atoms with Gasteiger partial charge in [-0.05, 0) is 24.3 Å². The first kappa shape index (κ1) is 13.4. The van der Waals surface area contributed by atoms with Gasteiger partial charge in [0.1, 0.15) is 18.1 Å². The van der Waals surface area contributed by atoms with Gasteiger partial charge in [-0.2, -0.15) is 0 Å². The Kier molecular flexibility index (Phi) is 5.33. The van der Waals surface area contributed by atoms with Crippen LogP contribution in [0, 0.1) is 5.92 Å². The fourth-order valence-corrected chi connectivity index (χ4v) is 1.22. The summed E-state index contributed by atoms with van der Waals surface area (Å²) in [5, 5.41) is 2.79. The fourth-order valence-electron chi connectivity index (χ4n) is 1.22. The lowest BCUT2D eigenvalue weighted by Crippen LogP contribution is -2.31. The molecule has 1 rings (SSSR count). The van der Waals surface area contributed by atoms with Crippen molar-refractivity contribution in [3.8, 4) is 11.5 Å². The molecule has 0 saturated carbocycles. The molecule has 0 heterocycles. The van der Waals surface area contributed by atoms with Crippen molar-refractivity contribution in [2.45, 2.75) is 13.8 Å². The molecule has 1 aromatic carbocycles. The van der Waals surface area contributed by atoms with Gasteiger partial charge in [0.15, 0.2) is 0 Å². The second-order valence-corrected chi connectivity index (χ2v) is 3.97. The highest BCUT2D eigenvalue weighted by Crippen LogP contribution is 2.16. The number of carbonyl (C=O) groups excluding carboxylic acids is 1. The zero-order valence-corrected chi connectivity index (χ0v) is 10.5. The number of nitrogens with one attached hydrogen (secondary N) is 1. The van der Waals surface area contributed by atoms with Gasteiger partial charge in [0, 0.05) is 5.92 Å². The minimum Gasteiger partial charge on any atom is -0.497 e. The second-order valence-electron chi connectivity index (χ2n) is 3.97. The first-order valence-electron chi connectivity index (χ1n) is 5.68. The van der Waals surface area contributed by atoms with Crippen molar-refractivity contribution in [3.05, 3.63) is 24.3 Å². The van der Waals surface area contributed by atoms with E-state index in [4.69, 9.17) is 9.47 Å². The van der Waals surface area contributed by atoms with Crippen LogP contribution in [0.4, 0.5) is 0 Å². The molecule has 4 nitrogen and oxygen atoms in total. The first-order valence-corrected chi connectivity index (χ1v) is 5.68. The number of carbonyl (C=O) groups is 1. The molecule has 1 N–H and O–H groups in total. The van der Waals surface area contributed by atoms with E-state index in [1.807, 2.05) is 38.1 Å². The smallest absolute Gasteiger partial charge is 0.222 e. The van der Waals surface area contributed by atoms with Crippen LogP contribution in [0.5, 0.6) is 11.5 Å². The Labute approximate surface area is 102 Å². The number of ether oxygens (including phenoxy) is 2. The zero-order valence-electron chi connectivity index (χ0n) is 10.5. The van der Waals surface area contributed by atoms with Crippen molar-refractivity contribution in [3.63, 3.8) is 0 Å². The molecule has 17 heavy (non-hydrogen) atoms. The van der Waals surface area contributed by atoms with Crippen LogP contribution in [0.15, 0.2) is 24.3 Å². The molecule has 1 aromatic rings. The largest absolute Gasteiger partial charge is 0.497 e. The Hall–Kier alpha value is -1.71. The van der Waals surface area contributed by atoms with E-state index in [-0.39, 0.29) is 11.8 Å². The lowest BCUT2D eigenvalue weighted by atomic mass is 10.2. The van der Waals surface area contributed by atoms with Gasteiger partial charge in [-0.25, -0.2) is 0 Å². The maximum absolute atomic E-state index is 11.3. The monoisotopic (exact) mass is 237 g/mol. The van der Waals surface area contributed by atoms with Crippen molar-refractivity contribution in [1.82, 2.24) is 5.32 Å². The molecule has 0 aliphatic rings. The lowest BCUT2D eigenvalue weighted by Gasteiger charge is -2.09. The molecule has 0 bridgehead atoms. The molecule has 4 heteroatoms. The molecular formula is C13H19NO3. The molecule has 0 aliphatic heterocycles. The minimum absolute atomic E-state index is 0.0102. The topological polar surface area (TPSA) is 47.6 Å². The summed E-state index contributed by atoms with van der Waals surface area (Å²) in [6.07, 6.45) is 0. The number of rotatable bonds is 6. The first-order chi connectivity index (χ1) is 8.13. The molecular weight excluding hydrogens is 218 g/mol. The predicted molar refractivity (Wildman–Crippen MR) is 66.3 cm³/mol. The van der Waals surface area contributed by atoms with Crippen LogP contribution in [0.1, 0.15) is 13.8 Å².